The van der Waals surface area contributed by atoms with Crippen molar-refractivity contribution in [2.75, 3.05) is 0 Å². The molecule has 0 aliphatic heterocycles. The Labute approximate surface area is 105 Å². The topological polar surface area (TPSA) is 38.9 Å². The SMILES string of the molecule is Cc1cccc(-c2ocnc2-c2ccncc2)c1. The smallest absolute Gasteiger partial charge is 0.182 e. The van der Waals surface area contributed by atoms with Gasteiger partial charge in [-0.15, -0.1) is 0 Å². The number of aromatic nitrogens is 2. The lowest BCUT2D eigenvalue weighted by Crippen LogP contribution is -1.83. The molecule has 0 amide bonds. The second-order valence-electron chi connectivity index (χ2n) is 4.14. The summed E-state index contributed by atoms with van der Waals surface area (Å²) in [5.74, 6) is 0.796. The first-order valence-electron chi connectivity index (χ1n) is 5.75. The van der Waals surface area contributed by atoms with Crippen LogP contribution in [-0.4, -0.2) is 9.97 Å². The van der Waals surface area contributed by atoms with Crippen molar-refractivity contribution in [2.24, 2.45) is 0 Å². The van der Waals surface area contributed by atoms with Gasteiger partial charge in [0.2, 0.25) is 0 Å². The maximum atomic E-state index is 5.53. The van der Waals surface area contributed by atoms with Crippen molar-refractivity contribution in [2.45, 2.75) is 6.92 Å². The van der Waals surface area contributed by atoms with Crippen LogP contribution in [0.2, 0.25) is 0 Å². The van der Waals surface area contributed by atoms with Gasteiger partial charge in [0.1, 0.15) is 5.69 Å². The lowest BCUT2D eigenvalue weighted by atomic mass is 10.1. The van der Waals surface area contributed by atoms with E-state index in [2.05, 4.69) is 29.0 Å². The van der Waals surface area contributed by atoms with Crippen molar-refractivity contribution >= 4 is 0 Å². The first kappa shape index (κ1) is 10.7. The number of rotatable bonds is 2. The molecule has 3 heteroatoms. The van der Waals surface area contributed by atoms with Gasteiger partial charge in [0, 0.05) is 23.5 Å². The monoisotopic (exact) mass is 236 g/mol. The Balaban J connectivity index is 2.13. The lowest BCUT2D eigenvalue weighted by molar-refractivity contribution is 0.572. The molecule has 0 aliphatic rings. The summed E-state index contributed by atoms with van der Waals surface area (Å²) in [7, 11) is 0. The number of nitrogens with zero attached hydrogens (tertiary/aromatic N) is 2. The Morgan fingerprint density at radius 1 is 1.00 bits per heavy atom. The van der Waals surface area contributed by atoms with Gasteiger partial charge in [-0.25, -0.2) is 4.98 Å². The summed E-state index contributed by atoms with van der Waals surface area (Å²) >= 11 is 0. The molecule has 0 radical (unpaired) electrons. The molecule has 1 aromatic carbocycles. The Morgan fingerprint density at radius 3 is 2.61 bits per heavy atom. The van der Waals surface area contributed by atoms with Gasteiger partial charge in [-0.1, -0.05) is 23.8 Å². The third-order valence-electron chi connectivity index (χ3n) is 2.80. The summed E-state index contributed by atoms with van der Waals surface area (Å²) in [4.78, 5) is 8.31. The Morgan fingerprint density at radius 2 is 1.83 bits per heavy atom. The van der Waals surface area contributed by atoms with Crippen LogP contribution >= 0.6 is 0 Å². The highest BCUT2D eigenvalue weighted by Gasteiger charge is 2.12. The molecular weight excluding hydrogens is 224 g/mol. The van der Waals surface area contributed by atoms with Crippen molar-refractivity contribution in [3.8, 4) is 22.6 Å². The van der Waals surface area contributed by atoms with E-state index in [1.165, 1.54) is 12.0 Å². The molecular formula is C15H12N2O. The van der Waals surface area contributed by atoms with E-state index in [0.29, 0.717) is 0 Å². The van der Waals surface area contributed by atoms with Crippen LogP contribution in [0.4, 0.5) is 0 Å². The number of aryl methyl sites for hydroxylation is 1. The average Bonchev–Trinajstić information content (AvgIpc) is 2.89. The fourth-order valence-corrected chi connectivity index (χ4v) is 1.95. The molecule has 0 atom stereocenters. The highest BCUT2D eigenvalue weighted by atomic mass is 16.3. The highest BCUT2D eigenvalue weighted by Crippen LogP contribution is 2.30. The molecule has 0 spiro atoms. The van der Waals surface area contributed by atoms with Crippen LogP contribution in [0.1, 0.15) is 5.56 Å². The Hall–Kier alpha value is -2.42. The summed E-state index contributed by atoms with van der Waals surface area (Å²) in [5, 5.41) is 0. The Bertz CT molecular complexity index is 659. The van der Waals surface area contributed by atoms with Crippen LogP contribution < -0.4 is 0 Å². The van der Waals surface area contributed by atoms with E-state index in [9.17, 15) is 0 Å². The van der Waals surface area contributed by atoms with Crippen LogP contribution in [0, 0.1) is 6.92 Å². The third kappa shape index (κ3) is 1.91. The fraction of sp³-hybridized carbons (Fsp3) is 0.0667. The number of pyridine rings is 1. The molecule has 0 N–H and O–H groups in total. The molecule has 3 nitrogen and oxygen atoms in total. The first-order valence-corrected chi connectivity index (χ1v) is 5.75. The zero-order chi connectivity index (χ0) is 12.4. The molecule has 0 fully saturated rings. The summed E-state index contributed by atoms with van der Waals surface area (Å²) in [6, 6.07) is 12.0. The molecule has 0 saturated heterocycles. The molecule has 88 valence electrons. The van der Waals surface area contributed by atoms with Gasteiger partial charge in [-0.3, -0.25) is 4.98 Å². The molecule has 3 rings (SSSR count). The number of hydrogen-bond acceptors (Lipinski definition) is 3. The van der Waals surface area contributed by atoms with Gasteiger partial charge in [0.15, 0.2) is 12.2 Å². The van der Waals surface area contributed by atoms with E-state index >= 15 is 0 Å². The van der Waals surface area contributed by atoms with Crippen molar-refractivity contribution < 1.29 is 4.42 Å². The standard InChI is InChI=1S/C15H12N2O/c1-11-3-2-4-13(9-11)15-14(17-10-18-15)12-5-7-16-8-6-12/h2-10H,1H3. The van der Waals surface area contributed by atoms with Gasteiger partial charge in [0.25, 0.3) is 0 Å². The largest absolute Gasteiger partial charge is 0.443 e. The molecule has 0 bridgehead atoms. The maximum absolute atomic E-state index is 5.53. The zero-order valence-corrected chi connectivity index (χ0v) is 10.00. The number of hydrogen-bond donors (Lipinski definition) is 0. The highest BCUT2D eigenvalue weighted by molar-refractivity contribution is 5.76. The molecule has 2 aromatic heterocycles. The number of benzene rings is 1. The predicted octanol–water partition coefficient (Wildman–Crippen LogP) is 3.71. The minimum Gasteiger partial charge on any atom is -0.443 e. The fourth-order valence-electron chi connectivity index (χ4n) is 1.95. The molecule has 0 aliphatic carbocycles. The van der Waals surface area contributed by atoms with Gasteiger partial charge >= 0.3 is 0 Å². The lowest BCUT2D eigenvalue weighted by Gasteiger charge is -2.02. The second kappa shape index (κ2) is 4.45. The van der Waals surface area contributed by atoms with Crippen LogP contribution in [0.5, 0.6) is 0 Å². The molecule has 3 aromatic rings. The molecule has 0 unspecified atom stereocenters. The van der Waals surface area contributed by atoms with Gasteiger partial charge in [-0.2, -0.15) is 0 Å². The minimum atomic E-state index is 0.796. The van der Waals surface area contributed by atoms with Gasteiger partial charge in [-0.05, 0) is 25.1 Å². The van der Waals surface area contributed by atoms with E-state index < -0.39 is 0 Å². The molecule has 18 heavy (non-hydrogen) atoms. The van der Waals surface area contributed by atoms with Crippen LogP contribution in [0.15, 0.2) is 59.6 Å². The van der Waals surface area contributed by atoms with E-state index in [1.807, 2.05) is 24.3 Å². The normalized spacial score (nSPS) is 10.5. The van der Waals surface area contributed by atoms with Crippen LogP contribution in [-0.2, 0) is 0 Å². The minimum absolute atomic E-state index is 0.796. The summed E-state index contributed by atoms with van der Waals surface area (Å²) in [5.41, 5.74) is 4.10. The van der Waals surface area contributed by atoms with Crippen LogP contribution in [0.25, 0.3) is 22.6 Å². The van der Waals surface area contributed by atoms with Gasteiger partial charge < -0.3 is 4.42 Å². The average molecular weight is 236 g/mol. The van der Waals surface area contributed by atoms with E-state index in [0.717, 1.165) is 22.6 Å². The van der Waals surface area contributed by atoms with Gasteiger partial charge in [0.05, 0.1) is 0 Å². The van der Waals surface area contributed by atoms with E-state index in [1.54, 1.807) is 12.4 Å². The number of oxazole rings is 1. The van der Waals surface area contributed by atoms with E-state index in [-0.39, 0.29) is 0 Å². The molecule has 0 saturated carbocycles. The van der Waals surface area contributed by atoms with Crippen LogP contribution in [0.3, 0.4) is 0 Å². The summed E-state index contributed by atoms with van der Waals surface area (Å²) in [6.45, 7) is 2.06. The van der Waals surface area contributed by atoms with Crippen molar-refractivity contribution in [3.63, 3.8) is 0 Å². The molecule has 2 heterocycles. The first-order chi connectivity index (χ1) is 8.84. The maximum Gasteiger partial charge on any atom is 0.182 e. The van der Waals surface area contributed by atoms with E-state index in [4.69, 9.17) is 4.42 Å². The Kier molecular flexibility index (Phi) is 2.65. The van der Waals surface area contributed by atoms with Crippen molar-refractivity contribution in [3.05, 3.63) is 60.7 Å². The third-order valence-corrected chi connectivity index (χ3v) is 2.80. The summed E-state index contributed by atoms with van der Waals surface area (Å²) in [6.07, 6.45) is 4.99. The van der Waals surface area contributed by atoms with Crippen molar-refractivity contribution in [1.82, 2.24) is 9.97 Å². The second-order valence-corrected chi connectivity index (χ2v) is 4.14. The zero-order valence-electron chi connectivity index (χ0n) is 10.00. The quantitative estimate of drug-likeness (QED) is 0.680. The van der Waals surface area contributed by atoms with Crippen molar-refractivity contribution in [1.29, 1.82) is 0 Å². The summed E-state index contributed by atoms with van der Waals surface area (Å²) < 4.78 is 5.53. The predicted molar refractivity (Wildman–Crippen MR) is 69.9 cm³/mol.